The Morgan fingerprint density at radius 1 is 1.64 bits per heavy atom. The van der Waals surface area contributed by atoms with Gasteiger partial charge in [-0.3, -0.25) is 9.35 Å². The van der Waals surface area contributed by atoms with Gasteiger partial charge in [0.1, 0.15) is 0 Å². The molecule has 0 saturated carbocycles. The van der Waals surface area contributed by atoms with Gasteiger partial charge in [-0.2, -0.15) is 12.0 Å². The molecule has 0 aromatic rings. The second kappa shape index (κ2) is 4.34. The fourth-order valence-electron chi connectivity index (χ4n) is 0.167. The van der Waals surface area contributed by atoms with Gasteiger partial charge >= 0.3 is 10.4 Å². The van der Waals surface area contributed by atoms with E-state index >= 15 is 0 Å². The van der Waals surface area contributed by atoms with E-state index in [4.69, 9.17) is 4.55 Å². The van der Waals surface area contributed by atoms with Crippen molar-refractivity contribution in [1.82, 2.24) is 0 Å². The summed E-state index contributed by atoms with van der Waals surface area (Å²) in [5.74, 6) is -0.739. The molecule has 0 saturated heterocycles. The van der Waals surface area contributed by atoms with Crippen molar-refractivity contribution in [2.24, 2.45) is 5.73 Å². The summed E-state index contributed by atoms with van der Waals surface area (Å²) < 4.78 is 31.4. The molecule has 6 nitrogen and oxygen atoms in total. The Hall–Kier alpha value is -0.570. The predicted octanol–water partition coefficient (Wildman–Crippen LogP) is -0.547. The molecule has 0 aliphatic heterocycles. The number of nitrogens with two attached hydrogens (primary N) is 1. The van der Waals surface area contributed by atoms with Crippen LogP contribution >= 0.6 is 12.0 Å². The number of carbonyl (C=O) groups excluding carboxylic acids is 1. The first-order valence-corrected chi connectivity index (χ1v) is 4.37. The first-order chi connectivity index (χ1) is 4.92. The Morgan fingerprint density at radius 2 is 2.18 bits per heavy atom. The predicted molar refractivity (Wildman–Crippen MR) is 38.6 cm³/mol. The average Bonchev–Trinajstić information content (AvgIpc) is 1.78. The van der Waals surface area contributed by atoms with Crippen molar-refractivity contribution in [1.29, 1.82) is 0 Å². The molecule has 0 aromatic carbocycles. The van der Waals surface area contributed by atoms with Crippen LogP contribution in [0.1, 0.15) is 0 Å². The molecule has 1 amide bonds. The second-order valence-corrected chi connectivity index (χ2v) is 3.16. The van der Waals surface area contributed by atoms with Crippen molar-refractivity contribution >= 4 is 28.3 Å². The lowest BCUT2D eigenvalue weighted by atomic mass is 10.6. The Kier molecular flexibility index (Phi) is 4.11. The van der Waals surface area contributed by atoms with Gasteiger partial charge in [-0.05, 0) is 0 Å². The molecule has 0 heterocycles. The zero-order valence-corrected chi connectivity index (χ0v) is 6.76. The molecule has 0 radical (unpaired) electrons. The van der Waals surface area contributed by atoms with Crippen molar-refractivity contribution in [2.45, 2.75) is 0 Å². The van der Waals surface area contributed by atoms with Crippen molar-refractivity contribution < 1.29 is 21.4 Å². The lowest BCUT2D eigenvalue weighted by Gasteiger charge is -1.89. The minimum Gasteiger partial charge on any atom is -0.366 e. The monoisotopic (exact) mass is 199 g/mol. The van der Waals surface area contributed by atoms with Crippen LogP contribution in [0.15, 0.2) is 11.5 Å². The summed E-state index contributed by atoms with van der Waals surface area (Å²) in [6, 6.07) is 0. The third kappa shape index (κ3) is 9.43. The van der Waals surface area contributed by atoms with E-state index in [9.17, 15) is 13.2 Å². The molecule has 0 fully saturated rings. The summed E-state index contributed by atoms with van der Waals surface area (Å²) >= 11 is 0.269. The zero-order valence-electron chi connectivity index (χ0n) is 5.13. The van der Waals surface area contributed by atoms with Crippen molar-refractivity contribution in [3.63, 3.8) is 0 Å². The van der Waals surface area contributed by atoms with Crippen LogP contribution < -0.4 is 5.73 Å². The summed E-state index contributed by atoms with van der Waals surface area (Å²) in [5.41, 5.74) is 4.64. The normalized spacial score (nSPS) is 12.1. The number of amides is 1. The topological polar surface area (TPSA) is 107 Å². The number of primary amides is 1. The molecule has 0 aliphatic carbocycles. The van der Waals surface area contributed by atoms with Crippen molar-refractivity contribution in [2.75, 3.05) is 0 Å². The van der Waals surface area contributed by atoms with E-state index in [0.29, 0.717) is 0 Å². The molecule has 0 atom stereocenters. The van der Waals surface area contributed by atoms with E-state index in [-0.39, 0.29) is 12.0 Å². The highest BCUT2D eigenvalue weighted by atomic mass is 32.3. The van der Waals surface area contributed by atoms with Crippen LogP contribution in [0, 0.1) is 0 Å². The highest BCUT2D eigenvalue weighted by Crippen LogP contribution is 2.07. The molecule has 0 spiro atoms. The van der Waals surface area contributed by atoms with Gasteiger partial charge in [0.15, 0.2) is 0 Å². The molecule has 11 heavy (non-hydrogen) atoms. The highest BCUT2D eigenvalue weighted by molar-refractivity contribution is 8.04. The number of rotatable bonds is 4. The molecule has 3 N–H and O–H groups in total. The fraction of sp³-hybridized carbons (Fsp3) is 0. The molecule has 8 heteroatoms. The molecular formula is C3H5NO5S2. The summed E-state index contributed by atoms with van der Waals surface area (Å²) in [7, 11) is -4.46. The first-order valence-electron chi connectivity index (χ1n) is 2.20. The summed E-state index contributed by atoms with van der Waals surface area (Å²) in [6.07, 6.45) is 0.885. The Labute approximate surface area is 67.6 Å². The van der Waals surface area contributed by atoms with E-state index in [1.54, 1.807) is 0 Å². The minimum absolute atomic E-state index is 0.269. The molecule has 0 bridgehead atoms. The maximum absolute atomic E-state index is 9.98. The second-order valence-electron chi connectivity index (χ2n) is 1.30. The number of carbonyl (C=O) groups is 1. The van der Waals surface area contributed by atoms with Gasteiger partial charge in [-0.25, -0.2) is 0 Å². The van der Waals surface area contributed by atoms with Gasteiger partial charge in [0, 0.05) is 23.5 Å². The van der Waals surface area contributed by atoms with Crippen molar-refractivity contribution in [3.8, 4) is 0 Å². The Balaban J connectivity index is 3.68. The van der Waals surface area contributed by atoms with E-state index < -0.39 is 16.3 Å². The number of hydrogen-bond donors (Lipinski definition) is 2. The van der Waals surface area contributed by atoms with Crippen LogP contribution in [0.2, 0.25) is 0 Å². The highest BCUT2D eigenvalue weighted by Gasteiger charge is 2.01. The molecule has 64 valence electrons. The lowest BCUT2D eigenvalue weighted by molar-refractivity contribution is -0.113. The lowest BCUT2D eigenvalue weighted by Crippen LogP contribution is -2.05. The molecule has 0 rings (SSSR count). The van der Waals surface area contributed by atoms with Gasteiger partial charge in [0.2, 0.25) is 5.91 Å². The maximum atomic E-state index is 9.98. The number of hydrogen-bond acceptors (Lipinski definition) is 5. The molecule has 0 unspecified atom stereocenters. The largest absolute Gasteiger partial charge is 0.408 e. The fourth-order valence-corrected chi connectivity index (χ4v) is 0.935. The average molecular weight is 199 g/mol. The molecule has 0 aromatic heterocycles. The summed E-state index contributed by atoms with van der Waals surface area (Å²) in [6.45, 7) is 0. The Morgan fingerprint density at radius 3 is 2.55 bits per heavy atom. The SMILES string of the molecule is NC(=O)C=CSOS(=O)(=O)O. The standard InChI is InChI=1S/C3H5NO5S2/c4-3(5)1-2-10-9-11(6,7)8/h1-2H,(H2,4,5)(H,6,7,8). The van der Waals surface area contributed by atoms with E-state index in [0.717, 1.165) is 11.5 Å². The third-order valence-electron chi connectivity index (χ3n) is 0.413. The van der Waals surface area contributed by atoms with Crippen LogP contribution in [0.4, 0.5) is 0 Å². The van der Waals surface area contributed by atoms with Crippen LogP contribution in [-0.2, 0) is 18.8 Å². The van der Waals surface area contributed by atoms with Crippen LogP contribution in [0.25, 0.3) is 0 Å². The van der Waals surface area contributed by atoms with Gasteiger partial charge in [0.25, 0.3) is 0 Å². The quantitative estimate of drug-likeness (QED) is 0.357. The smallest absolute Gasteiger partial charge is 0.366 e. The van der Waals surface area contributed by atoms with E-state index in [2.05, 4.69) is 9.36 Å². The van der Waals surface area contributed by atoms with Crippen LogP contribution in [-0.4, -0.2) is 18.9 Å². The van der Waals surface area contributed by atoms with Gasteiger partial charge in [-0.1, -0.05) is 0 Å². The van der Waals surface area contributed by atoms with Crippen LogP contribution in [0.5, 0.6) is 0 Å². The summed E-state index contributed by atoms with van der Waals surface area (Å²) in [4.78, 5) is 9.98. The molecule has 0 aliphatic rings. The maximum Gasteiger partial charge on any atom is 0.408 e. The van der Waals surface area contributed by atoms with Gasteiger partial charge < -0.3 is 5.73 Å². The Bertz CT molecular complexity index is 255. The van der Waals surface area contributed by atoms with Crippen LogP contribution in [0.3, 0.4) is 0 Å². The minimum atomic E-state index is -4.46. The summed E-state index contributed by atoms with van der Waals surface area (Å²) in [5, 5.41) is 0.982. The van der Waals surface area contributed by atoms with Gasteiger partial charge in [0.05, 0.1) is 0 Å². The first kappa shape index (κ1) is 10.4. The van der Waals surface area contributed by atoms with E-state index in [1.807, 2.05) is 0 Å². The molecular weight excluding hydrogens is 194 g/mol. The van der Waals surface area contributed by atoms with Crippen molar-refractivity contribution in [3.05, 3.63) is 11.5 Å². The van der Waals surface area contributed by atoms with E-state index in [1.165, 1.54) is 0 Å². The van der Waals surface area contributed by atoms with Gasteiger partial charge in [-0.15, -0.1) is 0 Å². The zero-order chi connectivity index (χ0) is 8.91. The third-order valence-corrected chi connectivity index (χ3v) is 1.66.